The fourth-order valence-electron chi connectivity index (χ4n) is 3.93. The van der Waals surface area contributed by atoms with E-state index in [0.29, 0.717) is 11.4 Å². The van der Waals surface area contributed by atoms with Crippen LogP contribution in [0.4, 0.5) is 0 Å². The van der Waals surface area contributed by atoms with Crippen LogP contribution < -0.4 is 0 Å². The van der Waals surface area contributed by atoms with Gasteiger partial charge in [0.2, 0.25) is 5.54 Å². The molecule has 0 bridgehead atoms. The van der Waals surface area contributed by atoms with E-state index in [1.807, 2.05) is 105 Å². The molecular formula is C24H23N2O2+. The maximum atomic E-state index is 13.7. The van der Waals surface area contributed by atoms with Crippen molar-refractivity contribution in [3.63, 3.8) is 0 Å². The lowest BCUT2D eigenvalue weighted by Gasteiger charge is -2.32. The Morgan fingerprint density at radius 3 is 1.64 bits per heavy atom. The summed E-state index contributed by atoms with van der Waals surface area (Å²) in [5.74, 6) is 0. The minimum atomic E-state index is -0.889. The van der Waals surface area contributed by atoms with Crippen LogP contribution in [0, 0.1) is 5.21 Å². The van der Waals surface area contributed by atoms with E-state index in [1.54, 1.807) is 0 Å². The van der Waals surface area contributed by atoms with Gasteiger partial charge in [-0.3, -0.25) is 5.21 Å². The molecule has 4 nitrogen and oxygen atoms in total. The molecule has 1 N–H and O–H groups in total. The molecule has 0 radical (unpaired) electrons. The molecule has 0 fully saturated rings. The van der Waals surface area contributed by atoms with Crippen molar-refractivity contribution in [2.75, 3.05) is 0 Å². The van der Waals surface area contributed by atoms with Crippen molar-refractivity contribution in [1.29, 1.82) is 0 Å². The molecule has 0 saturated carbocycles. The molecule has 3 aromatic carbocycles. The molecule has 4 heteroatoms. The van der Waals surface area contributed by atoms with Gasteiger partial charge in [-0.1, -0.05) is 66.7 Å². The van der Waals surface area contributed by atoms with Crippen LogP contribution in [0.15, 0.2) is 91.0 Å². The maximum Gasteiger partial charge on any atom is 0.330 e. The molecule has 0 unspecified atom stereocenters. The quantitative estimate of drug-likeness (QED) is 0.421. The van der Waals surface area contributed by atoms with Gasteiger partial charge < -0.3 is 5.21 Å². The van der Waals surface area contributed by atoms with E-state index in [1.165, 1.54) is 4.74 Å². The summed E-state index contributed by atoms with van der Waals surface area (Å²) in [7, 11) is 0. The smallest absolute Gasteiger partial charge is 0.330 e. The summed E-state index contributed by atoms with van der Waals surface area (Å²) in [6.07, 6.45) is 0. The first-order chi connectivity index (χ1) is 13.5. The van der Waals surface area contributed by atoms with E-state index in [4.69, 9.17) is 0 Å². The largest absolute Gasteiger partial charge is 0.623 e. The predicted octanol–water partition coefficient (Wildman–Crippen LogP) is 4.41. The predicted molar refractivity (Wildman–Crippen MR) is 110 cm³/mol. The average Bonchev–Trinajstić information content (AvgIpc) is 2.72. The molecule has 4 rings (SSSR count). The number of benzene rings is 3. The van der Waals surface area contributed by atoms with E-state index in [0.717, 1.165) is 21.4 Å². The van der Waals surface area contributed by atoms with Crippen molar-refractivity contribution in [3.8, 4) is 0 Å². The molecule has 0 spiro atoms. The Labute approximate surface area is 164 Å². The molecule has 0 amide bonds. The highest BCUT2D eigenvalue weighted by molar-refractivity contribution is 6.50. The zero-order chi connectivity index (χ0) is 19.7. The Hall–Kier alpha value is -3.40. The summed E-state index contributed by atoms with van der Waals surface area (Å²) in [6, 6.07) is 28.2. The van der Waals surface area contributed by atoms with Crippen molar-refractivity contribution in [3.05, 3.63) is 113 Å². The highest BCUT2D eigenvalue weighted by Gasteiger charge is 2.56. The van der Waals surface area contributed by atoms with Crippen molar-refractivity contribution in [2.24, 2.45) is 0 Å². The van der Waals surface area contributed by atoms with Crippen LogP contribution in [-0.2, 0) is 0 Å². The number of rotatable bonds is 3. The summed E-state index contributed by atoms with van der Waals surface area (Å²) < 4.78 is 2.32. The summed E-state index contributed by atoms with van der Waals surface area (Å²) in [6.45, 7) is 3.73. The molecule has 0 aliphatic carbocycles. The van der Waals surface area contributed by atoms with E-state index in [2.05, 4.69) is 0 Å². The molecule has 0 aromatic heterocycles. The van der Waals surface area contributed by atoms with E-state index in [9.17, 15) is 10.4 Å². The van der Waals surface area contributed by atoms with Gasteiger partial charge in [0.25, 0.3) is 11.8 Å². The average molecular weight is 371 g/mol. The highest BCUT2D eigenvalue weighted by atomic mass is 16.5. The van der Waals surface area contributed by atoms with Crippen molar-refractivity contribution in [1.82, 2.24) is 0 Å². The number of hydroxylamine groups is 2. The third-order valence-corrected chi connectivity index (χ3v) is 5.30. The monoisotopic (exact) mass is 371 g/mol. The fraction of sp³-hybridized carbons (Fsp3) is 0.167. The van der Waals surface area contributed by atoms with Crippen LogP contribution in [0.25, 0.3) is 0 Å². The van der Waals surface area contributed by atoms with Crippen molar-refractivity contribution >= 4 is 11.4 Å². The van der Waals surface area contributed by atoms with Gasteiger partial charge in [-0.25, -0.2) is 0 Å². The Morgan fingerprint density at radius 1 is 0.714 bits per heavy atom. The first kappa shape index (κ1) is 18.0. The second kappa shape index (κ2) is 6.97. The molecule has 1 aliphatic heterocycles. The topological polar surface area (TPSA) is 49.3 Å². The summed E-state index contributed by atoms with van der Waals surface area (Å²) in [4.78, 5) is 0. The van der Waals surface area contributed by atoms with Crippen LogP contribution >= 0.6 is 0 Å². The molecule has 3 aromatic rings. The lowest BCUT2D eigenvalue weighted by Crippen LogP contribution is -2.54. The SMILES string of the molecule is CC1(C)[C@@H](c2ccccc2)[N+](O)=C(c2ccccc2)C(c2ccccc2)=[N+]1[O-]. The van der Waals surface area contributed by atoms with E-state index in [-0.39, 0.29) is 0 Å². The van der Waals surface area contributed by atoms with Crippen LogP contribution in [-0.4, -0.2) is 31.6 Å². The van der Waals surface area contributed by atoms with Gasteiger partial charge >= 0.3 is 5.71 Å². The van der Waals surface area contributed by atoms with Crippen molar-refractivity contribution < 1.29 is 14.7 Å². The Kier molecular flexibility index (Phi) is 4.47. The summed E-state index contributed by atoms with van der Waals surface area (Å²) in [5.41, 5.74) is 2.54. The van der Waals surface area contributed by atoms with Crippen LogP contribution in [0.5, 0.6) is 0 Å². The molecule has 1 atom stereocenters. The Balaban J connectivity index is 2.03. The van der Waals surface area contributed by atoms with E-state index >= 15 is 0 Å². The van der Waals surface area contributed by atoms with Crippen LogP contribution in [0.3, 0.4) is 0 Å². The molecule has 28 heavy (non-hydrogen) atoms. The van der Waals surface area contributed by atoms with Gasteiger partial charge in [-0.2, -0.15) is 4.74 Å². The Morgan fingerprint density at radius 2 is 1.14 bits per heavy atom. The number of hydrogen-bond acceptors (Lipinski definition) is 2. The second-order valence-electron chi connectivity index (χ2n) is 7.54. The normalized spacial score (nSPS) is 19.0. The maximum absolute atomic E-state index is 13.7. The van der Waals surface area contributed by atoms with Gasteiger partial charge in [-0.15, -0.1) is 0 Å². The third kappa shape index (κ3) is 2.87. The zero-order valence-electron chi connectivity index (χ0n) is 16.0. The Bertz CT molecular complexity index is 1040. The third-order valence-electron chi connectivity index (χ3n) is 5.30. The standard InChI is InChI=1S/C24H23N2O2/c1-24(2)23(20-16-10-5-11-17-20)25(27)21(18-12-6-3-7-13-18)22(26(24)28)19-14-8-4-9-15-19/h3-17,23,27H,1-2H3/q+1/t23-/m1/s1. The lowest BCUT2D eigenvalue weighted by molar-refractivity contribution is -0.835. The minimum absolute atomic E-state index is 0.464. The first-order valence-corrected chi connectivity index (χ1v) is 9.37. The molecule has 1 heterocycles. The molecular weight excluding hydrogens is 348 g/mol. The minimum Gasteiger partial charge on any atom is -0.623 e. The van der Waals surface area contributed by atoms with Gasteiger partial charge in [0.05, 0.1) is 11.1 Å². The number of nitrogens with zero attached hydrogens (tertiary/aromatic N) is 2. The van der Waals surface area contributed by atoms with Gasteiger partial charge in [-0.05, 0) is 24.3 Å². The summed E-state index contributed by atoms with van der Waals surface area (Å²) >= 11 is 0. The van der Waals surface area contributed by atoms with Crippen LogP contribution in [0.1, 0.15) is 36.6 Å². The number of hydrogen-bond donors (Lipinski definition) is 1. The first-order valence-electron chi connectivity index (χ1n) is 9.37. The van der Waals surface area contributed by atoms with Gasteiger partial charge in [0.1, 0.15) is 0 Å². The van der Waals surface area contributed by atoms with Gasteiger partial charge in [0, 0.05) is 24.1 Å². The zero-order valence-corrected chi connectivity index (χ0v) is 16.0. The molecule has 140 valence electrons. The van der Waals surface area contributed by atoms with Gasteiger partial charge in [0.15, 0.2) is 0 Å². The van der Waals surface area contributed by atoms with E-state index < -0.39 is 11.6 Å². The molecule has 0 saturated heterocycles. The van der Waals surface area contributed by atoms with Crippen molar-refractivity contribution in [2.45, 2.75) is 25.4 Å². The fourth-order valence-corrected chi connectivity index (χ4v) is 3.93. The highest BCUT2D eigenvalue weighted by Crippen LogP contribution is 2.35. The molecule has 1 aliphatic rings. The lowest BCUT2D eigenvalue weighted by atomic mass is 9.84. The summed E-state index contributed by atoms with van der Waals surface area (Å²) in [5, 5.41) is 25.1. The second-order valence-corrected chi connectivity index (χ2v) is 7.54. The van der Waals surface area contributed by atoms with Crippen LogP contribution in [0.2, 0.25) is 0 Å².